The molecule has 0 radical (unpaired) electrons. The number of anilines is 2. The second kappa shape index (κ2) is 5.46. The number of benzene rings is 1. The van der Waals surface area contributed by atoms with Crippen molar-refractivity contribution in [2.24, 2.45) is 0 Å². The monoisotopic (exact) mass is 227 g/mol. The molecule has 17 heavy (non-hydrogen) atoms. The summed E-state index contributed by atoms with van der Waals surface area (Å²) in [6.45, 7) is 0.859. The summed E-state index contributed by atoms with van der Waals surface area (Å²) in [5.41, 5.74) is 2.38. The molecular weight excluding hydrogens is 210 g/mol. The predicted octanol–water partition coefficient (Wildman–Crippen LogP) is 2.57. The van der Waals surface area contributed by atoms with Gasteiger partial charge in [-0.05, 0) is 36.9 Å². The molecule has 2 rings (SSSR count). The SMILES string of the molecule is CNCc1ccnc(N(C)c2ccccc2)c1. The van der Waals surface area contributed by atoms with Crippen LogP contribution in [0.1, 0.15) is 5.56 Å². The predicted molar refractivity (Wildman–Crippen MR) is 71.5 cm³/mol. The minimum atomic E-state index is 0.859. The Labute approximate surface area is 102 Å². The van der Waals surface area contributed by atoms with Crippen molar-refractivity contribution in [3.63, 3.8) is 0 Å². The first-order valence-electron chi connectivity index (χ1n) is 5.69. The topological polar surface area (TPSA) is 28.2 Å². The van der Waals surface area contributed by atoms with Gasteiger partial charge in [0.25, 0.3) is 0 Å². The van der Waals surface area contributed by atoms with E-state index < -0.39 is 0 Å². The van der Waals surface area contributed by atoms with E-state index in [9.17, 15) is 0 Å². The molecule has 3 nitrogen and oxygen atoms in total. The molecule has 0 aliphatic heterocycles. The number of hydrogen-bond acceptors (Lipinski definition) is 3. The van der Waals surface area contributed by atoms with Crippen molar-refractivity contribution in [3.05, 3.63) is 54.2 Å². The van der Waals surface area contributed by atoms with Crippen molar-refractivity contribution in [3.8, 4) is 0 Å². The lowest BCUT2D eigenvalue weighted by molar-refractivity contribution is 0.815. The largest absolute Gasteiger partial charge is 0.329 e. The molecule has 1 aromatic heterocycles. The zero-order valence-electron chi connectivity index (χ0n) is 10.2. The number of para-hydroxylation sites is 1. The summed E-state index contributed by atoms with van der Waals surface area (Å²) in [4.78, 5) is 6.48. The molecule has 1 aromatic carbocycles. The zero-order valence-corrected chi connectivity index (χ0v) is 10.2. The lowest BCUT2D eigenvalue weighted by atomic mass is 10.2. The summed E-state index contributed by atoms with van der Waals surface area (Å²) in [5, 5.41) is 3.14. The third-order valence-electron chi connectivity index (χ3n) is 2.68. The highest BCUT2D eigenvalue weighted by molar-refractivity contribution is 5.59. The van der Waals surface area contributed by atoms with Crippen molar-refractivity contribution in [2.45, 2.75) is 6.54 Å². The molecule has 0 saturated heterocycles. The summed E-state index contributed by atoms with van der Waals surface area (Å²) >= 11 is 0. The third-order valence-corrected chi connectivity index (χ3v) is 2.68. The summed E-state index contributed by atoms with van der Waals surface area (Å²) in [6, 6.07) is 14.4. The van der Waals surface area contributed by atoms with E-state index in [-0.39, 0.29) is 0 Å². The molecule has 0 aliphatic rings. The van der Waals surface area contributed by atoms with Crippen LogP contribution in [0, 0.1) is 0 Å². The lowest BCUT2D eigenvalue weighted by Gasteiger charge is -2.18. The highest BCUT2D eigenvalue weighted by atomic mass is 15.2. The van der Waals surface area contributed by atoms with E-state index >= 15 is 0 Å². The molecule has 2 aromatic rings. The molecular formula is C14H17N3. The molecule has 0 fully saturated rings. The second-order valence-corrected chi connectivity index (χ2v) is 3.95. The van der Waals surface area contributed by atoms with E-state index in [1.165, 1.54) is 5.56 Å². The Balaban J connectivity index is 2.25. The smallest absolute Gasteiger partial charge is 0.132 e. The van der Waals surface area contributed by atoms with Crippen molar-refractivity contribution in [1.82, 2.24) is 10.3 Å². The van der Waals surface area contributed by atoms with Gasteiger partial charge in [0.15, 0.2) is 0 Å². The minimum Gasteiger partial charge on any atom is -0.329 e. The first-order valence-corrected chi connectivity index (χ1v) is 5.69. The fourth-order valence-corrected chi connectivity index (χ4v) is 1.74. The Morgan fingerprint density at radius 3 is 2.65 bits per heavy atom. The van der Waals surface area contributed by atoms with Crippen LogP contribution in [0.3, 0.4) is 0 Å². The number of nitrogens with zero attached hydrogens (tertiary/aromatic N) is 2. The number of rotatable bonds is 4. The van der Waals surface area contributed by atoms with E-state index in [1.807, 2.05) is 44.6 Å². The first-order chi connectivity index (χ1) is 8.31. The number of aromatic nitrogens is 1. The van der Waals surface area contributed by atoms with E-state index in [0.717, 1.165) is 18.1 Å². The molecule has 1 heterocycles. The average molecular weight is 227 g/mol. The van der Waals surface area contributed by atoms with Crippen LogP contribution in [-0.2, 0) is 6.54 Å². The maximum Gasteiger partial charge on any atom is 0.132 e. The molecule has 0 amide bonds. The van der Waals surface area contributed by atoms with Crippen molar-refractivity contribution in [1.29, 1.82) is 0 Å². The fraction of sp³-hybridized carbons (Fsp3) is 0.214. The maximum absolute atomic E-state index is 4.40. The number of hydrogen-bond donors (Lipinski definition) is 1. The van der Waals surface area contributed by atoms with Crippen molar-refractivity contribution < 1.29 is 0 Å². The highest BCUT2D eigenvalue weighted by Gasteiger charge is 2.04. The van der Waals surface area contributed by atoms with Gasteiger partial charge < -0.3 is 10.2 Å². The zero-order chi connectivity index (χ0) is 12.1. The van der Waals surface area contributed by atoms with Gasteiger partial charge in [-0.1, -0.05) is 18.2 Å². The lowest BCUT2D eigenvalue weighted by Crippen LogP contribution is -2.12. The molecule has 0 bridgehead atoms. The number of nitrogens with one attached hydrogen (secondary N) is 1. The van der Waals surface area contributed by atoms with Crippen molar-refractivity contribution >= 4 is 11.5 Å². The Hall–Kier alpha value is -1.87. The van der Waals surface area contributed by atoms with Crippen LogP contribution in [0.15, 0.2) is 48.7 Å². The molecule has 3 heteroatoms. The van der Waals surface area contributed by atoms with Gasteiger partial charge in [0.2, 0.25) is 0 Å². The molecule has 0 saturated carbocycles. The van der Waals surface area contributed by atoms with Crippen LogP contribution in [0.25, 0.3) is 0 Å². The molecule has 1 N–H and O–H groups in total. The van der Waals surface area contributed by atoms with Crippen LogP contribution >= 0.6 is 0 Å². The standard InChI is InChI=1S/C14H17N3/c1-15-11-12-8-9-16-14(10-12)17(2)13-6-4-3-5-7-13/h3-10,15H,11H2,1-2H3. The summed E-state index contributed by atoms with van der Waals surface area (Å²) in [6.07, 6.45) is 1.85. The molecule has 0 aliphatic carbocycles. The van der Waals surface area contributed by atoms with Crippen LogP contribution in [-0.4, -0.2) is 19.1 Å². The average Bonchev–Trinajstić information content (AvgIpc) is 2.40. The third kappa shape index (κ3) is 2.82. The van der Waals surface area contributed by atoms with Gasteiger partial charge in [-0.15, -0.1) is 0 Å². The normalized spacial score (nSPS) is 10.2. The molecule has 0 spiro atoms. The summed E-state index contributed by atoms with van der Waals surface area (Å²) < 4.78 is 0. The Kier molecular flexibility index (Phi) is 3.73. The van der Waals surface area contributed by atoms with E-state index in [0.29, 0.717) is 0 Å². The van der Waals surface area contributed by atoms with Gasteiger partial charge in [0.05, 0.1) is 0 Å². The minimum absolute atomic E-state index is 0.859. The van der Waals surface area contributed by atoms with Gasteiger partial charge in [-0.25, -0.2) is 4.98 Å². The Bertz CT molecular complexity index is 468. The Morgan fingerprint density at radius 1 is 1.18 bits per heavy atom. The quantitative estimate of drug-likeness (QED) is 0.870. The number of pyridine rings is 1. The second-order valence-electron chi connectivity index (χ2n) is 3.95. The fourth-order valence-electron chi connectivity index (χ4n) is 1.74. The van der Waals surface area contributed by atoms with Gasteiger partial charge in [-0.2, -0.15) is 0 Å². The van der Waals surface area contributed by atoms with Crippen LogP contribution in [0.2, 0.25) is 0 Å². The molecule has 0 atom stereocenters. The van der Waals surface area contributed by atoms with E-state index in [4.69, 9.17) is 0 Å². The van der Waals surface area contributed by atoms with Crippen LogP contribution in [0.4, 0.5) is 11.5 Å². The maximum atomic E-state index is 4.40. The Morgan fingerprint density at radius 2 is 1.94 bits per heavy atom. The summed E-state index contributed by atoms with van der Waals surface area (Å²) in [5.74, 6) is 0.962. The van der Waals surface area contributed by atoms with Gasteiger partial charge in [0, 0.05) is 25.5 Å². The van der Waals surface area contributed by atoms with Crippen LogP contribution in [0.5, 0.6) is 0 Å². The summed E-state index contributed by atoms with van der Waals surface area (Å²) in [7, 11) is 3.97. The van der Waals surface area contributed by atoms with E-state index in [2.05, 4.69) is 33.4 Å². The van der Waals surface area contributed by atoms with E-state index in [1.54, 1.807) is 0 Å². The van der Waals surface area contributed by atoms with Crippen LogP contribution < -0.4 is 10.2 Å². The molecule has 88 valence electrons. The van der Waals surface area contributed by atoms with Crippen molar-refractivity contribution in [2.75, 3.05) is 19.0 Å². The molecule has 0 unspecified atom stereocenters. The van der Waals surface area contributed by atoms with Gasteiger partial charge >= 0.3 is 0 Å². The first kappa shape index (κ1) is 11.6. The highest BCUT2D eigenvalue weighted by Crippen LogP contribution is 2.21. The van der Waals surface area contributed by atoms with Gasteiger partial charge in [0.1, 0.15) is 5.82 Å². The van der Waals surface area contributed by atoms with Gasteiger partial charge in [-0.3, -0.25) is 0 Å².